The van der Waals surface area contributed by atoms with E-state index in [1.807, 2.05) is 23.1 Å². The SMILES string of the molecule is Cc1cc(C(=O)N2CCN(C/C=C/c3ccccc3)CC2)ccc1NS(=O)(=O)c1ccccc1. The van der Waals surface area contributed by atoms with E-state index < -0.39 is 10.0 Å². The van der Waals surface area contributed by atoms with Crippen molar-refractivity contribution in [2.75, 3.05) is 37.4 Å². The van der Waals surface area contributed by atoms with E-state index >= 15 is 0 Å². The summed E-state index contributed by atoms with van der Waals surface area (Å²) in [5, 5.41) is 0. The monoisotopic (exact) mass is 475 g/mol. The Morgan fingerprint density at radius 3 is 2.21 bits per heavy atom. The second-order valence-corrected chi connectivity index (χ2v) is 10.0. The topological polar surface area (TPSA) is 69.7 Å². The minimum Gasteiger partial charge on any atom is -0.336 e. The molecule has 34 heavy (non-hydrogen) atoms. The molecule has 0 atom stereocenters. The number of carbonyl (C=O) groups excluding carboxylic acids is 1. The number of nitrogens with zero attached hydrogens (tertiary/aromatic N) is 2. The zero-order chi connectivity index (χ0) is 24.0. The second-order valence-electron chi connectivity index (χ2n) is 8.35. The van der Waals surface area contributed by atoms with Gasteiger partial charge >= 0.3 is 0 Å². The molecule has 0 unspecified atom stereocenters. The molecule has 7 heteroatoms. The summed E-state index contributed by atoms with van der Waals surface area (Å²) < 4.78 is 27.8. The van der Waals surface area contributed by atoms with E-state index in [4.69, 9.17) is 0 Å². The van der Waals surface area contributed by atoms with Gasteiger partial charge in [0.15, 0.2) is 0 Å². The van der Waals surface area contributed by atoms with Crippen LogP contribution in [0.4, 0.5) is 5.69 Å². The molecule has 1 N–H and O–H groups in total. The van der Waals surface area contributed by atoms with Crippen LogP contribution in [-0.2, 0) is 10.0 Å². The van der Waals surface area contributed by atoms with Crippen molar-refractivity contribution in [3.63, 3.8) is 0 Å². The number of rotatable bonds is 7. The van der Waals surface area contributed by atoms with Crippen molar-refractivity contribution in [3.05, 3.63) is 102 Å². The molecular weight excluding hydrogens is 446 g/mol. The minimum atomic E-state index is -3.68. The van der Waals surface area contributed by atoms with Crippen LogP contribution in [0.3, 0.4) is 0 Å². The van der Waals surface area contributed by atoms with Gasteiger partial charge in [0.2, 0.25) is 0 Å². The van der Waals surface area contributed by atoms with Crippen molar-refractivity contribution in [3.8, 4) is 0 Å². The predicted octanol–water partition coefficient (Wildman–Crippen LogP) is 4.27. The first-order valence-electron chi connectivity index (χ1n) is 11.3. The molecule has 1 aliphatic rings. The summed E-state index contributed by atoms with van der Waals surface area (Å²) in [6.45, 7) is 5.62. The minimum absolute atomic E-state index is 0.0277. The second kappa shape index (κ2) is 10.7. The average molecular weight is 476 g/mol. The fourth-order valence-electron chi connectivity index (χ4n) is 3.93. The summed E-state index contributed by atoms with van der Waals surface area (Å²) in [6.07, 6.45) is 4.28. The number of piperazine rings is 1. The maximum Gasteiger partial charge on any atom is 0.261 e. The van der Waals surface area contributed by atoms with Crippen molar-refractivity contribution in [1.82, 2.24) is 9.80 Å². The van der Waals surface area contributed by atoms with Gasteiger partial charge < -0.3 is 4.90 Å². The third-order valence-corrected chi connectivity index (χ3v) is 7.29. The largest absolute Gasteiger partial charge is 0.336 e. The Hall–Kier alpha value is -3.42. The van der Waals surface area contributed by atoms with Gasteiger partial charge in [-0.1, -0.05) is 60.7 Å². The lowest BCUT2D eigenvalue weighted by atomic mass is 10.1. The lowest BCUT2D eigenvalue weighted by Crippen LogP contribution is -2.48. The Morgan fingerprint density at radius 2 is 1.56 bits per heavy atom. The van der Waals surface area contributed by atoms with Crippen LogP contribution in [0.5, 0.6) is 0 Å². The van der Waals surface area contributed by atoms with Crippen LogP contribution in [0.25, 0.3) is 6.08 Å². The summed E-state index contributed by atoms with van der Waals surface area (Å²) in [6, 6.07) is 23.5. The van der Waals surface area contributed by atoms with Crippen LogP contribution in [0.2, 0.25) is 0 Å². The fourth-order valence-corrected chi connectivity index (χ4v) is 5.08. The highest BCUT2D eigenvalue weighted by molar-refractivity contribution is 7.92. The fraction of sp³-hybridized carbons (Fsp3) is 0.222. The summed E-state index contributed by atoms with van der Waals surface area (Å²) in [5.74, 6) is -0.0277. The number of amides is 1. The first-order valence-corrected chi connectivity index (χ1v) is 12.8. The number of benzene rings is 3. The third kappa shape index (κ3) is 5.92. The third-order valence-electron chi connectivity index (χ3n) is 5.90. The highest BCUT2D eigenvalue weighted by atomic mass is 32.2. The van der Waals surface area contributed by atoms with E-state index in [-0.39, 0.29) is 10.8 Å². The molecule has 176 valence electrons. The normalized spacial score (nSPS) is 14.9. The first-order chi connectivity index (χ1) is 16.4. The molecule has 0 aromatic heterocycles. The molecule has 4 rings (SSSR count). The van der Waals surface area contributed by atoms with Gasteiger partial charge in [-0.05, 0) is 48.4 Å². The highest BCUT2D eigenvalue weighted by Gasteiger charge is 2.22. The van der Waals surface area contributed by atoms with E-state index in [2.05, 4.69) is 33.9 Å². The molecule has 1 saturated heterocycles. The number of hydrogen-bond acceptors (Lipinski definition) is 4. The van der Waals surface area contributed by atoms with Gasteiger partial charge in [-0.25, -0.2) is 8.42 Å². The smallest absolute Gasteiger partial charge is 0.261 e. The van der Waals surface area contributed by atoms with Crippen LogP contribution in [0.15, 0.2) is 89.8 Å². The lowest BCUT2D eigenvalue weighted by molar-refractivity contribution is 0.0650. The van der Waals surface area contributed by atoms with E-state index in [9.17, 15) is 13.2 Å². The van der Waals surface area contributed by atoms with Crippen molar-refractivity contribution in [1.29, 1.82) is 0 Å². The molecule has 0 aliphatic carbocycles. The Bertz CT molecular complexity index is 1250. The number of carbonyl (C=O) groups is 1. The Morgan fingerprint density at radius 1 is 0.912 bits per heavy atom. The summed E-state index contributed by atoms with van der Waals surface area (Å²) >= 11 is 0. The maximum atomic E-state index is 13.0. The van der Waals surface area contributed by atoms with Gasteiger partial charge in [0.05, 0.1) is 10.6 Å². The molecular formula is C27H29N3O3S. The van der Waals surface area contributed by atoms with Gasteiger partial charge in [-0.2, -0.15) is 0 Å². The van der Waals surface area contributed by atoms with Gasteiger partial charge in [-0.3, -0.25) is 14.4 Å². The molecule has 0 radical (unpaired) electrons. The average Bonchev–Trinajstić information content (AvgIpc) is 2.86. The molecule has 3 aromatic rings. The first kappa shape index (κ1) is 23.7. The predicted molar refractivity (Wildman–Crippen MR) is 136 cm³/mol. The molecule has 1 heterocycles. The number of anilines is 1. The maximum absolute atomic E-state index is 13.0. The van der Waals surface area contributed by atoms with Crippen LogP contribution in [0.1, 0.15) is 21.5 Å². The molecule has 1 aliphatic heterocycles. The van der Waals surface area contributed by atoms with Crippen molar-refractivity contribution >= 4 is 27.7 Å². The Labute approximate surface area is 201 Å². The molecule has 0 bridgehead atoms. The zero-order valence-corrected chi connectivity index (χ0v) is 20.0. The number of aryl methyl sites for hydroxylation is 1. The molecule has 3 aromatic carbocycles. The van der Waals surface area contributed by atoms with Crippen molar-refractivity contribution in [2.24, 2.45) is 0 Å². The lowest BCUT2D eigenvalue weighted by Gasteiger charge is -2.34. The number of hydrogen-bond donors (Lipinski definition) is 1. The van der Waals surface area contributed by atoms with E-state index in [0.717, 1.165) is 19.6 Å². The molecule has 0 saturated carbocycles. The van der Waals surface area contributed by atoms with E-state index in [1.54, 1.807) is 55.5 Å². The van der Waals surface area contributed by atoms with Gasteiger partial charge in [0.1, 0.15) is 0 Å². The van der Waals surface area contributed by atoms with Crippen molar-refractivity contribution < 1.29 is 13.2 Å². The van der Waals surface area contributed by atoms with E-state index in [0.29, 0.717) is 29.9 Å². The van der Waals surface area contributed by atoms with Crippen LogP contribution in [-0.4, -0.2) is 56.8 Å². The van der Waals surface area contributed by atoms with Crippen LogP contribution < -0.4 is 4.72 Å². The van der Waals surface area contributed by atoms with Gasteiger partial charge in [-0.15, -0.1) is 0 Å². The molecule has 0 spiro atoms. The van der Waals surface area contributed by atoms with Crippen LogP contribution >= 0.6 is 0 Å². The summed E-state index contributed by atoms with van der Waals surface area (Å²) in [5.41, 5.74) is 2.92. The highest BCUT2D eigenvalue weighted by Crippen LogP contribution is 2.22. The molecule has 1 amide bonds. The van der Waals surface area contributed by atoms with Gasteiger partial charge in [0.25, 0.3) is 15.9 Å². The van der Waals surface area contributed by atoms with E-state index in [1.165, 1.54) is 5.56 Å². The standard InChI is InChI=1S/C27H29N3O3S/c1-22-21-24(14-15-26(22)28-34(32,33)25-12-6-3-7-13-25)27(31)30-19-17-29(18-20-30)16-8-11-23-9-4-2-5-10-23/h2-15,21,28H,16-20H2,1H3/b11-8+. The number of nitrogens with one attached hydrogen (secondary N) is 1. The summed E-state index contributed by atoms with van der Waals surface area (Å²) in [7, 11) is -3.68. The zero-order valence-electron chi connectivity index (χ0n) is 19.2. The van der Waals surface area contributed by atoms with Gasteiger partial charge in [0, 0.05) is 38.3 Å². The quantitative estimate of drug-likeness (QED) is 0.554. The van der Waals surface area contributed by atoms with Crippen molar-refractivity contribution in [2.45, 2.75) is 11.8 Å². The summed E-state index contributed by atoms with van der Waals surface area (Å²) in [4.78, 5) is 17.4. The molecule has 1 fully saturated rings. The Balaban J connectivity index is 1.33. The van der Waals surface area contributed by atoms with Crippen LogP contribution in [0, 0.1) is 6.92 Å². The Kier molecular flexibility index (Phi) is 7.45. The number of sulfonamides is 1. The molecule has 6 nitrogen and oxygen atoms in total.